The molecule has 0 amide bonds. The molecule has 1 aromatic rings. The summed E-state index contributed by atoms with van der Waals surface area (Å²) in [6.07, 6.45) is 1.34. The van der Waals surface area contributed by atoms with Gasteiger partial charge in [0, 0.05) is 6.54 Å². The van der Waals surface area contributed by atoms with Crippen molar-refractivity contribution in [2.45, 2.75) is 18.9 Å². The number of carboxylic acids is 2. The van der Waals surface area contributed by atoms with Gasteiger partial charge in [-0.05, 0) is 25.0 Å². The Morgan fingerprint density at radius 3 is 2.76 bits per heavy atom. The summed E-state index contributed by atoms with van der Waals surface area (Å²) in [5.74, 6) is -1.60. The Bertz CT molecular complexity index is 461. The van der Waals surface area contributed by atoms with Gasteiger partial charge in [0.05, 0.1) is 0 Å². The standard InChI is InChI=1S/C11H12N2O4/c14-10(15)7-3-1-5-9(12-7)13-6-2-4-8(13)11(16)17/h1,3,5,8H,2,4,6H2,(H,14,15)(H,16,17)/t8-/m0/s1. The molecule has 17 heavy (non-hydrogen) atoms. The molecule has 0 aromatic carbocycles. The summed E-state index contributed by atoms with van der Waals surface area (Å²) in [5, 5.41) is 17.9. The molecule has 0 radical (unpaired) electrons. The Morgan fingerprint density at radius 2 is 2.12 bits per heavy atom. The highest BCUT2D eigenvalue weighted by molar-refractivity contribution is 5.86. The van der Waals surface area contributed by atoms with Gasteiger partial charge in [-0.1, -0.05) is 6.07 Å². The minimum absolute atomic E-state index is 0.0708. The van der Waals surface area contributed by atoms with Crippen molar-refractivity contribution in [1.29, 1.82) is 0 Å². The fourth-order valence-electron chi connectivity index (χ4n) is 2.00. The van der Waals surface area contributed by atoms with E-state index in [9.17, 15) is 9.59 Å². The normalized spacial score (nSPS) is 19.3. The number of rotatable bonds is 3. The second kappa shape index (κ2) is 4.40. The van der Waals surface area contributed by atoms with E-state index in [-0.39, 0.29) is 5.69 Å². The van der Waals surface area contributed by atoms with E-state index in [1.165, 1.54) is 6.07 Å². The molecule has 6 nitrogen and oxygen atoms in total. The maximum Gasteiger partial charge on any atom is 0.354 e. The third-order valence-corrected chi connectivity index (χ3v) is 2.79. The lowest BCUT2D eigenvalue weighted by Crippen LogP contribution is -2.36. The molecule has 1 aromatic heterocycles. The molecular formula is C11H12N2O4. The second-order valence-electron chi connectivity index (χ2n) is 3.88. The van der Waals surface area contributed by atoms with E-state index in [0.29, 0.717) is 18.8 Å². The van der Waals surface area contributed by atoms with Crippen LogP contribution in [0.25, 0.3) is 0 Å². The smallest absolute Gasteiger partial charge is 0.354 e. The van der Waals surface area contributed by atoms with E-state index < -0.39 is 18.0 Å². The van der Waals surface area contributed by atoms with Crippen LogP contribution in [0, 0.1) is 0 Å². The second-order valence-corrected chi connectivity index (χ2v) is 3.88. The largest absolute Gasteiger partial charge is 0.480 e. The molecular weight excluding hydrogens is 224 g/mol. The van der Waals surface area contributed by atoms with E-state index >= 15 is 0 Å². The minimum Gasteiger partial charge on any atom is -0.480 e. The van der Waals surface area contributed by atoms with Crippen LogP contribution in [-0.4, -0.2) is 39.7 Å². The van der Waals surface area contributed by atoms with Gasteiger partial charge in [-0.15, -0.1) is 0 Å². The molecule has 0 unspecified atom stereocenters. The Labute approximate surface area is 97.5 Å². The maximum absolute atomic E-state index is 11.0. The van der Waals surface area contributed by atoms with Crippen LogP contribution in [0.5, 0.6) is 0 Å². The van der Waals surface area contributed by atoms with Gasteiger partial charge in [-0.25, -0.2) is 14.6 Å². The third-order valence-electron chi connectivity index (χ3n) is 2.79. The number of aliphatic carboxylic acids is 1. The fourth-order valence-corrected chi connectivity index (χ4v) is 2.00. The first-order chi connectivity index (χ1) is 8.09. The predicted octanol–water partition coefficient (Wildman–Crippen LogP) is 0.833. The van der Waals surface area contributed by atoms with E-state index in [1.54, 1.807) is 17.0 Å². The number of pyridine rings is 1. The summed E-state index contributed by atoms with van der Waals surface area (Å²) in [5.41, 5.74) is -0.0708. The molecule has 0 spiro atoms. The maximum atomic E-state index is 11.0. The van der Waals surface area contributed by atoms with Crippen molar-refractivity contribution in [3.63, 3.8) is 0 Å². The number of anilines is 1. The Balaban J connectivity index is 2.30. The highest BCUT2D eigenvalue weighted by atomic mass is 16.4. The first kappa shape index (κ1) is 11.4. The molecule has 0 saturated carbocycles. The van der Waals surface area contributed by atoms with Gasteiger partial charge in [-0.2, -0.15) is 0 Å². The highest BCUT2D eigenvalue weighted by Gasteiger charge is 2.31. The average Bonchev–Trinajstić information content (AvgIpc) is 2.78. The zero-order valence-electron chi connectivity index (χ0n) is 9.04. The van der Waals surface area contributed by atoms with Crippen molar-refractivity contribution in [2.75, 3.05) is 11.4 Å². The van der Waals surface area contributed by atoms with Crippen LogP contribution in [0.2, 0.25) is 0 Å². The first-order valence-corrected chi connectivity index (χ1v) is 5.29. The van der Waals surface area contributed by atoms with Crippen LogP contribution in [0.1, 0.15) is 23.3 Å². The Kier molecular flexibility index (Phi) is 2.95. The van der Waals surface area contributed by atoms with Crippen molar-refractivity contribution < 1.29 is 19.8 Å². The van der Waals surface area contributed by atoms with Gasteiger partial charge in [0.15, 0.2) is 5.69 Å². The van der Waals surface area contributed by atoms with Gasteiger partial charge in [0.2, 0.25) is 0 Å². The summed E-state index contributed by atoms with van der Waals surface area (Å²) in [6, 6.07) is 3.99. The summed E-state index contributed by atoms with van der Waals surface area (Å²) >= 11 is 0. The third kappa shape index (κ3) is 2.20. The summed E-state index contributed by atoms with van der Waals surface area (Å²) in [7, 11) is 0. The van der Waals surface area contributed by atoms with Gasteiger partial charge < -0.3 is 15.1 Å². The quantitative estimate of drug-likeness (QED) is 0.807. The lowest BCUT2D eigenvalue weighted by molar-refractivity contribution is -0.138. The van der Waals surface area contributed by atoms with Gasteiger partial charge in [-0.3, -0.25) is 0 Å². The lowest BCUT2D eigenvalue weighted by Gasteiger charge is -2.22. The van der Waals surface area contributed by atoms with Crippen molar-refractivity contribution in [3.05, 3.63) is 23.9 Å². The van der Waals surface area contributed by atoms with Gasteiger partial charge in [0.25, 0.3) is 0 Å². The summed E-state index contributed by atoms with van der Waals surface area (Å²) < 4.78 is 0. The fraction of sp³-hybridized carbons (Fsp3) is 0.364. The number of nitrogens with zero attached hydrogens (tertiary/aromatic N) is 2. The van der Waals surface area contributed by atoms with Crippen LogP contribution in [0.3, 0.4) is 0 Å². The summed E-state index contributed by atoms with van der Waals surface area (Å²) in [4.78, 5) is 27.4. The van der Waals surface area contributed by atoms with E-state index in [1.807, 2.05) is 0 Å². The zero-order valence-corrected chi connectivity index (χ0v) is 9.04. The highest BCUT2D eigenvalue weighted by Crippen LogP contribution is 2.24. The Hall–Kier alpha value is -2.11. The number of hydrogen-bond donors (Lipinski definition) is 2. The number of hydrogen-bond acceptors (Lipinski definition) is 4. The first-order valence-electron chi connectivity index (χ1n) is 5.29. The van der Waals surface area contributed by atoms with Gasteiger partial charge in [0.1, 0.15) is 11.9 Å². The van der Waals surface area contributed by atoms with Crippen LogP contribution in [0.4, 0.5) is 5.82 Å². The monoisotopic (exact) mass is 236 g/mol. The van der Waals surface area contributed by atoms with Gasteiger partial charge >= 0.3 is 11.9 Å². The summed E-state index contributed by atoms with van der Waals surface area (Å²) in [6.45, 7) is 0.590. The van der Waals surface area contributed by atoms with Crippen molar-refractivity contribution >= 4 is 17.8 Å². The molecule has 2 N–H and O–H groups in total. The molecule has 90 valence electrons. The number of aromatic carboxylic acids is 1. The molecule has 1 saturated heterocycles. The molecule has 1 aliphatic rings. The van der Waals surface area contributed by atoms with Crippen molar-refractivity contribution in [2.24, 2.45) is 0 Å². The average molecular weight is 236 g/mol. The van der Waals surface area contributed by atoms with Crippen molar-refractivity contribution in [1.82, 2.24) is 4.98 Å². The molecule has 1 atom stereocenters. The Morgan fingerprint density at radius 1 is 1.35 bits per heavy atom. The molecule has 2 rings (SSSR count). The number of aromatic nitrogens is 1. The number of carboxylic acid groups (broad SMARTS) is 2. The molecule has 1 aliphatic heterocycles. The SMILES string of the molecule is O=C(O)c1cccc(N2CCC[C@H]2C(=O)O)n1. The van der Waals surface area contributed by atoms with E-state index in [2.05, 4.69) is 4.98 Å². The molecule has 2 heterocycles. The molecule has 1 fully saturated rings. The van der Waals surface area contributed by atoms with E-state index in [0.717, 1.165) is 6.42 Å². The van der Waals surface area contributed by atoms with E-state index in [4.69, 9.17) is 10.2 Å². The molecule has 6 heteroatoms. The van der Waals surface area contributed by atoms with Crippen molar-refractivity contribution in [3.8, 4) is 0 Å². The minimum atomic E-state index is -1.11. The van der Waals surface area contributed by atoms with Crippen LogP contribution in [-0.2, 0) is 4.79 Å². The molecule has 0 aliphatic carbocycles. The number of carbonyl (C=O) groups is 2. The van der Waals surface area contributed by atoms with Crippen LogP contribution >= 0.6 is 0 Å². The lowest BCUT2D eigenvalue weighted by atomic mass is 10.2. The molecule has 0 bridgehead atoms. The zero-order chi connectivity index (χ0) is 12.4. The topological polar surface area (TPSA) is 90.7 Å². The van der Waals surface area contributed by atoms with Crippen LogP contribution < -0.4 is 4.90 Å². The predicted molar refractivity (Wildman–Crippen MR) is 59.2 cm³/mol. The van der Waals surface area contributed by atoms with Crippen LogP contribution in [0.15, 0.2) is 18.2 Å².